The second-order valence-corrected chi connectivity index (χ2v) is 6.05. The zero-order valence-electron chi connectivity index (χ0n) is 7.97. The Hall–Kier alpha value is -0.620. The molecule has 0 aromatic carbocycles. The Kier molecular flexibility index (Phi) is 2.27. The van der Waals surface area contributed by atoms with E-state index in [-0.39, 0.29) is 11.2 Å². The predicted octanol–water partition coefficient (Wildman–Crippen LogP) is 0.279. The van der Waals surface area contributed by atoms with Gasteiger partial charge < -0.3 is 4.84 Å². The van der Waals surface area contributed by atoms with E-state index in [0.717, 1.165) is 17.3 Å². The molecule has 2 saturated carbocycles. The maximum atomic E-state index is 11.5. The van der Waals surface area contributed by atoms with E-state index in [0.29, 0.717) is 12.8 Å². The zero-order chi connectivity index (χ0) is 10.3. The Morgan fingerprint density at radius 2 is 1.86 bits per heavy atom. The first kappa shape index (κ1) is 9.92. The second kappa shape index (κ2) is 3.20. The summed E-state index contributed by atoms with van der Waals surface area (Å²) in [5, 5.41) is -0.334. The highest BCUT2D eigenvalue weighted by atomic mass is 32.2. The Labute approximate surface area is 83.0 Å². The van der Waals surface area contributed by atoms with Crippen LogP contribution < -0.4 is 0 Å². The van der Waals surface area contributed by atoms with E-state index in [9.17, 15) is 13.2 Å². The maximum absolute atomic E-state index is 11.5. The van der Waals surface area contributed by atoms with Crippen molar-refractivity contribution < 1.29 is 18.0 Å². The molecule has 2 aliphatic carbocycles. The van der Waals surface area contributed by atoms with E-state index in [4.69, 9.17) is 4.84 Å². The Morgan fingerprint density at radius 3 is 2.29 bits per heavy atom. The molecule has 0 saturated heterocycles. The van der Waals surface area contributed by atoms with E-state index >= 15 is 0 Å². The summed E-state index contributed by atoms with van der Waals surface area (Å²) in [5.74, 6) is -0.497. The monoisotopic (exact) mass is 219 g/mol. The third-order valence-electron chi connectivity index (χ3n) is 2.43. The minimum atomic E-state index is -3.38. The topological polar surface area (TPSA) is 63.7 Å². The van der Waals surface area contributed by atoms with Gasteiger partial charge >= 0.3 is 5.97 Å². The lowest BCUT2D eigenvalue weighted by Gasteiger charge is -2.15. The summed E-state index contributed by atoms with van der Waals surface area (Å²) in [5.41, 5.74) is 0. The Bertz CT molecular complexity index is 342. The van der Waals surface area contributed by atoms with Gasteiger partial charge in [-0.3, -0.25) is 4.79 Å². The van der Waals surface area contributed by atoms with Crippen LogP contribution in [0.2, 0.25) is 0 Å². The molecule has 0 N–H and O–H groups in total. The SMILES string of the molecule is CN(OC(=O)C1CC1)S(=O)(=O)C1CC1. The van der Waals surface area contributed by atoms with Gasteiger partial charge in [0, 0.05) is 7.05 Å². The first-order valence-electron chi connectivity index (χ1n) is 4.71. The molecule has 0 bridgehead atoms. The van der Waals surface area contributed by atoms with Crippen LogP contribution in [0.1, 0.15) is 25.7 Å². The van der Waals surface area contributed by atoms with Crippen LogP contribution in [-0.4, -0.2) is 31.2 Å². The minimum absolute atomic E-state index is 0.0770. The number of hydroxylamine groups is 1. The normalized spacial score (nSPS) is 22.4. The molecule has 0 heterocycles. The third-order valence-corrected chi connectivity index (χ3v) is 4.54. The van der Waals surface area contributed by atoms with E-state index in [1.54, 1.807) is 0 Å². The maximum Gasteiger partial charge on any atom is 0.329 e. The fraction of sp³-hybridized carbons (Fsp3) is 0.875. The Morgan fingerprint density at radius 1 is 1.29 bits per heavy atom. The number of hydrogen-bond acceptors (Lipinski definition) is 4. The van der Waals surface area contributed by atoms with Crippen molar-refractivity contribution in [2.24, 2.45) is 5.92 Å². The van der Waals surface area contributed by atoms with Gasteiger partial charge in [0.05, 0.1) is 11.2 Å². The van der Waals surface area contributed by atoms with Crippen LogP contribution in [0.5, 0.6) is 0 Å². The molecule has 0 unspecified atom stereocenters. The van der Waals surface area contributed by atoms with Crippen molar-refractivity contribution in [2.45, 2.75) is 30.9 Å². The summed E-state index contributed by atoms with van der Waals surface area (Å²) in [6.07, 6.45) is 2.98. The molecule has 5 nitrogen and oxygen atoms in total. The van der Waals surface area contributed by atoms with Gasteiger partial charge in [-0.25, -0.2) is 8.42 Å². The van der Waals surface area contributed by atoms with Gasteiger partial charge in [-0.1, -0.05) is 0 Å². The molecule has 2 fully saturated rings. The molecule has 0 radical (unpaired) electrons. The smallest absolute Gasteiger partial charge is 0.329 e. The highest BCUT2D eigenvalue weighted by Gasteiger charge is 2.42. The Balaban J connectivity index is 1.93. The lowest BCUT2D eigenvalue weighted by Crippen LogP contribution is -2.33. The summed E-state index contributed by atoms with van der Waals surface area (Å²) in [4.78, 5) is 15.9. The standard InChI is InChI=1S/C8H13NO4S/c1-9(13-8(10)6-2-3-6)14(11,12)7-4-5-7/h6-7H,2-5H2,1H3. The summed E-state index contributed by atoms with van der Waals surface area (Å²) >= 11 is 0. The van der Waals surface area contributed by atoms with Gasteiger partial charge in [-0.05, 0) is 30.2 Å². The molecule has 80 valence electrons. The highest BCUT2D eigenvalue weighted by molar-refractivity contribution is 7.89. The molecular formula is C8H13NO4S. The second-order valence-electron chi connectivity index (χ2n) is 3.84. The molecule has 2 aliphatic rings. The zero-order valence-corrected chi connectivity index (χ0v) is 8.79. The molecule has 2 rings (SSSR count). The van der Waals surface area contributed by atoms with Crippen molar-refractivity contribution in [3.05, 3.63) is 0 Å². The summed E-state index contributed by atoms with van der Waals surface area (Å²) in [6.45, 7) is 0. The molecule has 6 heteroatoms. The molecule has 0 spiro atoms. The summed E-state index contributed by atoms with van der Waals surface area (Å²) < 4.78 is 23.8. The van der Waals surface area contributed by atoms with Crippen LogP contribution in [0, 0.1) is 5.92 Å². The summed E-state index contributed by atoms with van der Waals surface area (Å²) in [7, 11) is -2.09. The lowest BCUT2D eigenvalue weighted by molar-refractivity contribution is -0.167. The van der Waals surface area contributed by atoms with Crippen LogP contribution >= 0.6 is 0 Å². The van der Waals surface area contributed by atoms with Crippen LogP contribution in [0.25, 0.3) is 0 Å². The largest absolute Gasteiger partial charge is 0.353 e. The fourth-order valence-electron chi connectivity index (χ4n) is 1.15. The first-order valence-corrected chi connectivity index (χ1v) is 6.21. The number of rotatable bonds is 4. The predicted molar refractivity (Wildman–Crippen MR) is 48.5 cm³/mol. The number of hydrogen-bond donors (Lipinski definition) is 0. The van der Waals surface area contributed by atoms with Gasteiger partial charge in [0.15, 0.2) is 0 Å². The molecule has 0 amide bonds. The quantitative estimate of drug-likeness (QED) is 0.637. The lowest BCUT2D eigenvalue weighted by atomic mass is 10.4. The highest BCUT2D eigenvalue weighted by Crippen LogP contribution is 2.33. The van der Waals surface area contributed by atoms with Gasteiger partial charge in [0.2, 0.25) is 10.0 Å². The van der Waals surface area contributed by atoms with Crippen molar-refractivity contribution >= 4 is 16.0 Å². The van der Waals surface area contributed by atoms with Gasteiger partial charge in [0.25, 0.3) is 0 Å². The van der Waals surface area contributed by atoms with E-state index < -0.39 is 16.0 Å². The molecule has 14 heavy (non-hydrogen) atoms. The van der Waals surface area contributed by atoms with Crippen LogP contribution in [-0.2, 0) is 19.7 Å². The molecule has 0 aromatic rings. The van der Waals surface area contributed by atoms with Gasteiger partial charge in [-0.15, -0.1) is 0 Å². The average Bonchev–Trinajstić information content (AvgIpc) is 2.95. The molecule has 0 atom stereocenters. The molecule has 0 aromatic heterocycles. The van der Waals surface area contributed by atoms with E-state index in [2.05, 4.69) is 0 Å². The van der Waals surface area contributed by atoms with Crippen molar-refractivity contribution in [2.75, 3.05) is 7.05 Å². The minimum Gasteiger partial charge on any atom is -0.353 e. The number of carbonyl (C=O) groups excluding carboxylic acids is 1. The number of carbonyl (C=O) groups is 1. The fourth-order valence-corrected chi connectivity index (χ4v) is 2.48. The van der Waals surface area contributed by atoms with E-state index in [1.165, 1.54) is 7.05 Å². The first-order chi connectivity index (χ1) is 6.51. The van der Waals surface area contributed by atoms with Gasteiger partial charge in [-0.2, -0.15) is 0 Å². The average molecular weight is 219 g/mol. The van der Waals surface area contributed by atoms with Crippen molar-refractivity contribution in [1.82, 2.24) is 4.47 Å². The van der Waals surface area contributed by atoms with Gasteiger partial charge in [0.1, 0.15) is 0 Å². The van der Waals surface area contributed by atoms with Crippen molar-refractivity contribution in [3.8, 4) is 0 Å². The number of sulfonamides is 1. The molecule has 0 aliphatic heterocycles. The third kappa shape index (κ3) is 1.90. The van der Waals surface area contributed by atoms with Crippen molar-refractivity contribution in [1.29, 1.82) is 0 Å². The van der Waals surface area contributed by atoms with Crippen LogP contribution in [0.4, 0.5) is 0 Å². The van der Waals surface area contributed by atoms with Crippen molar-refractivity contribution in [3.63, 3.8) is 0 Å². The molecular weight excluding hydrogens is 206 g/mol. The van der Waals surface area contributed by atoms with Crippen LogP contribution in [0.3, 0.4) is 0 Å². The number of nitrogens with zero attached hydrogens (tertiary/aromatic N) is 1. The van der Waals surface area contributed by atoms with E-state index in [1.807, 2.05) is 0 Å². The summed E-state index contributed by atoms with van der Waals surface area (Å²) in [6, 6.07) is 0. The van der Waals surface area contributed by atoms with Crippen LogP contribution in [0.15, 0.2) is 0 Å².